The molecule has 0 saturated carbocycles. The van der Waals surface area contributed by atoms with Gasteiger partial charge in [0.15, 0.2) is 5.75 Å². The molecule has 2 N–H and O–H groups in total. The van der Waals surface area contributed by atoms with E-state index in [1.165, 1.54) is 6.07 Å². The van der Waals surface area contributed by atoms with Gasteiger partial charge >= 0.3 is 5.69 Å². The highest BCUT2D eigenvalue weighted by Gasteiger charge is 2.22. The fourth-order valence-electron chi connectivity index (χ4n) is 1.72. The lowest BCUT2D eigenvalue weighted by Crippen LogP contribution is -2.16. The molecular weight excluding hydrogens is 224 g/mol. The zero-order valence-electron chi connectivity index (χ0n) is 9.30. The van der Waals surface area contributed by atoms with Crippen molar-refractivity contribution in [1.29, 1.82) is 0 Å². The quantitative estimate of drug-likeness (QED) is 0.629. The molecule has 6 heteroatoms. The van der Waals surface area contributed by atoms with Crippen molar-refractivity contribution in [3.8, 4) is 5.75 Å². The van der Waals surface area contributed by atoms with Crippen LogP contribution in [0, 0.1) is 10.1 Å². The van der Waals surface area contributed by atoms with Gasteiger partial charge in [-0.05, 0) is 11.6 Å². The van der Waals surface area contributed by atoms with Gasteiger partial charge in [-0.25, -0.2) is 0 Å². The predicted octanol–water partition coefficient (Wildman–Crippen LogP) is 1.22. The van der Waals surface area contributed by atoms with Crippen molar-refractivity contribution in [3.63, 3.8) is 0 Å². The van der Waals surface area contributed by atoms with Crippen molar-refractivity contribution in [3.05, 3.63) is 33.9 Å². The third kappa shape index (κ3) is 2.72. The standard InChI is InChI=1S/C11H14N2O4/c12-6-8-1-2-10(13(14)15)11(5-8)17-9-3-4-16-7-9/h1-2,5,9H,3-4,6-7,12H2. The van der Waals surface area contributed by atoms with Gasteiger partial charge in [-0.15, -0.1) is 0 Å². The molecule has 1 heterocycles. The van der Waals surface area contributed by atoms with E-state index in [1.54, 1.807) is 12.1 Å². The van der Waals surface area contributed by atoms with Crippen LogP contribution in [0.3, 0.4) is 0 Å². The van der Waals surface area contributed by atoms with Crippen molar-refractivity contribution >= 4 is 5.69 Å². The van der Waals surface area contributed by atoms with E-state index >= 15 is 0 Å². The Morgan fingerprint density at radius 3 is 3.00 bits per heavy atom. The van der Waals surface area contributed by atoms with Crippen LogP contribution in [-0.4, -0.2) is 24.2 Å². The van der Waals surface area contributed by atoms with Crippen LogP contribution in [0.2, 0.25) is 0 Å². The number of ether oxygens (including phenoxy) is 2. The summed E-state index contributed by atoms with van der Waals surface area (Å²) in [5, 5.41) is 10.9. The first-order valence-electron chi connectivity index (χ1n) is 5.42. The highest BCUT2D eigenvalue weighted by atomic mass is 16.6. The monoisotopic (exact) mass is 238 g/mol. The smallest absolute Gasteiger partial charge is 0.310 e. The summed E-state index contributed by atoms with van der Waals surface area (Å²) in [4.78, 5) is 10.4. The molecule has 1 aliphatic heterocycles. The largest absolute Gasteiger partial charge is 0.481 e. The van der Waals surface area contributed by atoms with Gasteiger partial charge in [0.1, 0.15) is 6.10 Å². The average Bonchev–Trinajstić information content (AvgIpc) is 2.81. The Balaban J connectivity index is 2.24. The molecule has 0 radical (unpaired) electrons. The molecule has 0 spiro atoms. The topological polar surface area (TPSA) is 87.6 Å². The summed E-state index contributed by atoms with van der Waals surface area (Å²) in [6.07, 6.45) is 0.644. The molecule has 92 valence electrons. The SMILES string of the molecule is NCc1ccc([N+](=O)[O-])c(OC2CCOC2)c1. The fourth-order valence-corrected chi connectivity index (χ4v) is 1.72. The van der Waals surface area contributed by atoms with Gasteiger partial charge in [0.2, 0.25) is 0 Å². The second-order valence-corrected chi connectivity index (χ2v) is 3.87. The molecular formula is C11H14N2O4. The van der Waals surface area contributed by atoms with Gasteiger partial charge in [-0.2, -0.15) is 0 Å². The zero-order valence-corrected chi connectivity index (χ0v) is 9.30. The van der Waals surface area contributed by atoms with Gasteiger partial charge in [0.25, 0.3) is 0 Å². The van der Waals surface area contributed by atoms with E-state index in [4.69, 9.17) is 15.2 Å². The number of hydrogen-bond donors (Lipinski definition) is 1. The summed E-state index contributed by atoms with van der Waals surface area (Å²) in [6, 6.07) is 4.68. The molecule has 1 saturated heterocycles. The van der Waals surface area contributed by atoms with Gasteiger partial charge in [-0.3, -0.25) is 10.1 Å². The van der Waals surface area contributed by atoms with Crippen LogP contribution in [0.1, 0.15) is 12.0 Å². The Bertz CT molecular complexity index is 416. The maximum atomic E-state index is 10.9. The lowest BCUT2D eigenvalue weighted by molar-refractivity contribution is -0.386. The average molecular weight is 238 g/mol. The van der Waals surface area contributed by atoms with Crippen LogP contribution in [0.15, 0.2) is 18.2 Å². The first kappa shape index (κ1) is 11.8. The lowest BCUT2D eigenvalue weighted by atomic mass is 10.2. The van der Waals surface area contributed by atoms with E-state index in [1.807, 2.05) is 0 Å². The number of benzene rings is 1. The molecule has 1 aliphatic rings. The van der Waals surface area contributed by atoms with Crippen LogP contribution < -0.4 is 10.5 Å². The minimum absolute atomic E-state index is 0.0332. The summed E-state index contributed by atoms with van der Waals surface area (Å²) in [5.74, 6) is 0.272. The summed E-state index contributed by atoms with van der Waals surface area (Å²) in [7, 11) is 0. The third-order valence-corrected chi connectivity index (χ3v) is 2.64. The minimum Gasteiger partial charge on any atom is -0.481 e. The highest BCUT2D eigenvalue weighted by Crippen LogP contribution is 2.29. The van der Waals surface area contributed by atoms with E-state index in [2.05, 4.69) is 0 Å². The summed E-state index contributed by atoms with van der Waals surface area (Å²) >= 11 is 0. The fraction of sp³-hybridized carbons (Fsp3) is 0.455. The number of nitrogens with zero attached hydrogens (tertiary/aromatic N) is 1. The Labute approximate surface area is 98.5 Å². The Morgan fingerprint density at radius 1 is 1.59 bits per heavy atom. The summed E-state index contributed by atoms with van der Waals surface area (Å²) in [6.45, 7) is 1.44. The molecule has 0 aliphatic carbocycles. The highest BCUT2D eigenvalue weighted by molar-refractivity contribution is 5.48. The molecule has 1 unspecified atom stereocenters. The molecule has 0 bridgehead atoms. The molecule has 0 aromatic heterocycles. The van der Waals surface area contributed by atoms with Crippen LogP contribution in [0.25, 0.3) is 0 Å². The predicted molar refractivity (Wildman–Crippen MR) is 60.8 cm³/mol. The Hall–Kier alpha value is -1.66. The van der Waals surface area contributed by atoms with Gasteiger partial charge < -0.3 is 15.2 Å². The molecule has 6 nitrogen and oxygen atoms in total. The molecule has 1 aromatic carbocycles. The maximum Gasteiger partial charge on any atom is 0.310 e. The molecule has 1 atom stereocenters. The molecule has 2 rings (SSSR count). The molecule has 1 fully saturated rings. The van der Waals surface area contributed by atoms with Crippen molar-refractivity contribution in [1.82, 2.24) is 0 Å². The normalized spacial score (nSPS) is 19.2. The first-order chi connectivity index (χ1) is 8.20. The number of nitro benzene ring substituents is 1. The number of hydrogen-bond acceptors (Lipinski definition) is 5. The van der Waals surface area contributed by atoms with E-state index in [-0.39, 0.29) is 17.5 Å². The van der Waals surface area contributed by atoms with E-state index in [9.17, 15) is 10.1 Å². The van der Waals surface area contributed by atoms with Gasteiger partial charge in [0, 0.05) is 19.0 Å². The number of rotatable bonds is 4. The number of nitro groups is 1. The van der Waals surface area contributed by atoms with E-state index < -0.39 is 4.92 Å². The summed E-state index contributed by atoms with van der Waals surface area (Å²) < 4.78 is 10.8. The second-order valence-electron chi connectivity index (χ2n) is 3.87. The van der Waals surface area contributed by atoms with Crippen molar-refractivity contribution in [2.45, 2.75) is 19.1 Å². The Morgan fingerprint density at radius 2 is 2.41 bits per heavy atom. The third-order valence-electron chi connectivity index (χ3n) is 2.64. The summed E-state index contributed by atoms with van der Waals surface area (Å²) in [5.41, 5.74) is 6.28. The second kappa shape index (κ2) is 5.11. The zero-order chi connectivity index (χ0) is 12.3. The van der Waals surface area contributed by atoms with Crippen LogP contribution in [0.4, 0.5) is 5.69 Å². The van der Waals surface area contributed by atoms with E-state index in [0.717, 1.165) is 12.0 Å². The van der Waals surface area contributed by atoms with Crippen molar-refractivity contribution in [2.24, 2.45) is 5.73 Å². The Kier molecular flexibility index (Phi) is 3.55. The number of nitrogens with two attached hydrogens (primary N) is 1. The maximum absolute atomic E-state index is 10.9. The first-order valence-corrected chi connectivity index (χ1v) is 5.42. The molecule has 0 amide bonds. The van der Waals surface area contributed by atoms with Crippen LogP contribution in [0.5, 0.6) is 5.75 Å². The van der Waals surface area contributed by atoms with E-state index in [0.29, 0.717) is 19.8 Å². The van der Waals surface area contributed by atoms with Crippen molar-refractivity contribution < 1.29 is 14.4 Å². The van der Waals surface area contributed by atoms with Gasteiger partial charge in [-0.1, -0.05) is 6.07 Å². The lowest BCUT2D eigenvalue weighted by Gasteiger charge is -2.12. The van der Waals surface area contributed by atoms with Crippen molar-refractivity contribution in [2.75, 3.05) is 13.2 Å². The molecule has 1 aromatic rings. The van der Waals surface area contributed by atoms with Crippen LogP contribution >= 0.6 is 0 Å². The van der Waals surface area contributed by atoms with Gasteiger partial charge in [0.05, 0.1) is 18.1 Å². The molecule has 17 heavy (non-hydrogen) atoms. The van der Waals surface area contributed by atoms with Crippen LogP contribution in [-0.2, 0) is 11.3 Å². The minimum atomic E-state index is -0.453.